The smallest absolute Gasteiger partial charge is 0.251 e. The SMILES string of the molecule is Cc1ccc(N)cc1C(=O)NC1CCCN(Cc2ccc(F)cc2Cl)C1.Cl.Cl. The van der Waals surface area contributed by atoms with Crippen LogP contribution in [0.1, 0.15) is 34.3 Å². The number of hydrogen-bond acceptors (Lipinski definition) is 3. The summed E-state index contributed by atoms with van der Waals surface area (Å²) in [5, 5.41) is 3.55. The molecular weight excluding hydrogens is 424 g/mol. The number of piperidine rings is 1. The fourth-order valence-corrected chi connectivity index (χ4v) is 3.58. The van der Waals surface area contributed by atoms with Gasteiger partial charge in [0.2, 0.25) is 0 Å². The Balaban J connectivity index is 0.00000196. The van der Waals surface area contributed by atoms with Crippen molar-refractivity contribution in [1.82, 2.24) is 10.2 Å². The van der Waals surface area contributed by atoms with Crippen LogP contribution < -0.4 is 11.1 Å². The molecule has 0 radical (unpaired) electrons. The molecule has 0 saturated carbocycles. The van der Waals surface area contributed by atoms with E-state index in [2.05, 4.69) is 10.2 Å². The molecule has 0 aromatic heterocycles. The van der Waals surface area contributed by atoms with Crippen LogP contribution in [0.3, 0.4) is 0 Å². The average molecular weight is 449 g/mol. The maximum Gasteiger partial charge on any atom is 0.251 e. The highest BCUT2D eigenvalue weighted by Gasteiger charge is 2.23. The average Bonchev–Trinajstić information content (AvgIpc) is 2.60. The van der Waals surface area contributed by atoms with Crippen LogP contribution in [0.25, 0.3) is 0 Å². The number of halogens is 4. The van der Waals surface area contributed by atoms with Crippen LogP contribution in [0.4, 0.5) is 10.1 Å². The number of nitrogens with one attached hydrogen (secondary N) is 1. The highest BCUT2D eigenvalue weighted by Crippen LogP contribution is 2.21. The minimum absolute atomic E-state index is 0. The quantitative estimate of drug-likeness (QED) is 0.672. The Morgan fingerprint density at radius 2 is 2.04 bits per heavy atom. The molecule has 3 N–H and O–H groups in total. The van der Waals surface area contributed by atoms with Crippen molar-refractivity contribution in [3.05, 3.63) is 63.9 Å². The van der Waals surface area contributed by atoms with E-state index in [4.69, 9.17) is 17.3 Å². The standard InChI is InChI=1S/C20H23ClFN3O.2ClH/c1-13-4-7-16(23)10-18(13)20(26)24-17-3-2-8-25(12-17)11-14-5-6-15(22)9-19(14)21;;/h4-7,9-10,17H,2-3,8,11-12,23H2,1H3,(H,24,26);2*1H. The van der Waals surface area contributed by atoms with Gasteiger partial charge in [0.15, 0.2) is 0 Å². The van der Waals surface area contributed by atoms with Crippen LogP contribution in [-0.4, -0.2) is 29.9 Å². The topological polar surface area (TPSA) is 58.4 Å². The Morgan fingerprint density at radius 3 is 2.75 bits per heavy atom. The molecule has 2 aromatic rings. The van der Waals surface area contributed by atoms with E-state index in [-0.39, 0.29) is 42.6 Å². The molecule has 1 unspecified atom stereocenters. The third-order valence-corrected chi connectivity index (χ3v) is 5.11. The zero-order valence-electron chi connectivity index (χ0n) is 15.6. The molecule has 2 aromatic carbocycles. The van der Waals surface area contributed by atoms with E-state index in [9.17, 15) is 9.18 Å². The lowest BCUT2D eigenvalue weighted by Gasteiger charge is -2.33. The minimum Gasteiger partial charge on any atom is -0.399 e. The van der Waals surface area contributed by atoms with Gasteiger partial charge in [0, 0.05) is 35.4 Å². The summed E-state index contributed by atoms with van der Waals surface area (Å²) in [5.41, 5.74) is 8.80. The molecule has 154 valence electrons. The maximum absolute atomic E-state index is 13.2. The molecule has 1 aliphatic heterocycles. The molecule has 28 heavy (non-hydrogen) atoms. The van der Waals surface area contributed by atoms with Gasteiger partial charge in [-0.15, -0.1) is 24.8 Å². The number of amides is 1. The molecule has 1 fully saturated rings. The van der Waals surface area contributed by atoms with Gasteiger partial charge >= 0.3 is 0 Å². The number of nitrogens with zero attached hydrogens (tertiary/aromatic N) is 1. The maximum atomic E-state index is 13.2. The van der Waals surface area contributed by atoms with Crippen molar-refractivity contribution in [2.45, 2.75) is 32.4 Å². The van der Waals surface area contributed by atoms with Crippen LogP contribution in [0.15, 0.2) is 36.4 Å². The summed E-state index contributed by atoms with van der Waals surface area (Å²) >= 11 is 6.13. The van der Waals surface area contributed by atoms with Gasteiger partial charge in [-0.25, -0.2) is 4.39 Å². The number of likely N-dealkylation sites (tertiary alicyclic amines) is 1. The lowest BCUT2D eigenvalue weighted by Crippen LogP contribution is -2.47. The first-order chi connectivity index (χ1) is 12.4. The first-order valence-electron chi connectivity index (χ1n) is 8.75. The van der Waals surface area contributed by atoms with E-state index < -0.39 is 0 Å². The molecule has 0 bridgehead atoms. The van der Waals surface area contributed by atoms with E-state index in [0.29, 0.717) is 22.8 Å². The molecule has 3 rings (SSSR count). The normalized spacial score (nSPS) is 16.6. The van der Waals surface area contributed by atoms with Gasteiger partial charge < -0.3 is 11.1 Å². The summed E-state index contributed by atoms with van der Waals surface area (Å²) in [6.07, 6.45) is 1.92. The van der Waals surface area contributed by atoms with Gasteiger partial charge in [-0.3, -0.25) is 9.69 Å². The lowest BCUT2D eigenvalue weighted by molar-refractivity contribution is 0.0900. The fourth-order valence-electron chi connectivity index (χ4n) is 3.36. The van der Waals surface area contributed by atoms with Gasteiger partial charge in [0.1, 0.15) is 5.82 Å². The molecular formula is C20H25Cl3FN3O. The summed E-state index contributed by atoms with van der Waals surface area (Å²) in [6.45, 7) is 4.21. The third kappa shape index (κ3) is 6.24. The van der Waals surface area contributed by atoms with E-state index in [0.717, 1.165) is 37.1 Å². The van der Waals surface area contributed by atoms with Gasteiger partial charge in [-0.05, 0) is 61.7 Å². The number of anilines is 1. The van der Waals surface area contributed by atoms with Crippen LogP contribution in [0.2, 0.25) is 5.02 Å². The monoisotopic (exact) mass is 447 g/mol. The van der Waals surface area contributed by atoms with Crippen LogP contribution in [-0.2, 0) is 6.54 Å². The molecule has 1 aliphatic rings. The molecule has 0 spiro atoms. The molecule has 0 aliphatic carbocycles. The molecule has 1 saturated heterocycles. The van der Waals surface area contributed by atoms with E-state index >= 15 is 0 Å². The van der Waals surface area contributed by atoms with E-state index in [1.54, 1.807) is 18.2 Å². The predicted octanol–water partition coefficient (Wildman–Crippen LogP) is 4.61. The van der Waals surface area contributed by atoms with Gasteiger partial charge in [0.05, 0.1) is 0 Å². The Bertz CT molecular complexity index is 819. The van der Waals surface area contributed by atoms with E-state index in [1.807, 2.05) is 13.0 Å². The summed E-state index contributed by atoms with van der Waals surface area (Å²) in [7, 11) is 0. The van der Waals surface area contributed by atoms with Crippen molar-refractivity contribution in [3.63, 3.8) is 0 Å². The Kier molecular flexibility index (Phi) is 9.51. The third-order valence-electron chi connectivity index (χ3n) is 4.76. The first-order valence-corrected chi connectivity index (χ1v) is 9.13. The zero-order valence-corrected chi connectivity index (χ0v) is 18.0. The highest BCUT2D eigenvalue weighted by molar-refractivity contribution is 6.31. The fraction of sp³-hybridized carbons (Fsp3) is 0.350. The van der Waals surface area contributed by atoms with Crippen molar-refractivity contribution in [1.29, 1.82) is 0 Å². The second kappa shape index (κ2) is 10.9. The van der Waals surface area contributed by atoms with Crippen LogP contribution in [0, 0.1) is 12.7 Å². The number of carbonyl (C=O) groups excluding carboxylic acids is 1. The number of benzene rings is 2. The van der Waals surface area contributed by atoms with Crippen LogP contribution >= 0.6 is 36.4 Å². The van der Waals surface area contributed by atoms with Gasteiger partial charge in [-0.1, -0.05) is 23.7 Å². The summed E-state index contributed by atoms with van der Waals surface area (Å²) in [4.78, 5) is 14.8. The first kappa shape index (κ1) is 24.5. The second-order valence-electron chi connectivity index (χ2n) is 6.86. The number of nitrogen functional groups attached to an aromatic ring is 1. The number of carbonyl (C=O) groups is 1. The molecule has 1 atom stereocenters. The van der Waals surface area contributed by atoms with Gasteiger partial charge in [-0.2, -0.15) is 0 Å². The van der Waals surface area contributed by atoms with Crippen LogP contribution in [0.5, 0.6) is 0 Å². The molecule has 8 heteroatoms. The highest BCUT2D eigenvalue weighted by atomic mass is 35.5. The summed E-state index contributed by atoms with van der Waals surface area (Å²) in [5.74, 6) is -0.429. The van der Waals surface area contributed by atoms with Crippen molar-refractivity contribution >= 4 is 48.0 Å². The Labute approximate surface area is 182 Å². The zero-order chi connectivity index (χ0) is 18.7. The second-order valence-corrected chi connectivity index (χ2v) is 7.27. The Hall–Kier alpha value is -1.53. The molecule has 1 amide bonds. The summed E-state index contributed by atoms with van der Waals surface area (Å²) in [6, 6.07) is 9.90. The van der Waals surface area contributed by atoms with Crippen molar-refractivity contribution < 1.29 is 9.18 Å². The van der Waals surface area contributed by atoms with Crippen molar-refractivity contribution in [2.75, 3.05) is 18.8 Å². The number of aryl methyl sites for hydroxylation is 1. The number of nitrogens with two attached hydrogens (primary N) is 1. The number of hydrogen-bond donors (Lipinski definition) is 2. The summed E-state index contributed by atoms with van der Waals surface area (Å²) < 4.78 is 13.2. The lowest BCUT2D eigenvalue weighted by atomic mass is 10.0. The molecule has 4 nitrogen and oxygen atoms in total. The predicted molar refractivity (Wildman–Crippen MR) is 117 cm³/mol. The molecule has 1 heterocycles. The number of rotatable bonds is 4. The van der Waals surface area contributed by atoms with Crippen molar-refractivity contribution in [2.24, 2.45) is 0 Å². The largest absolute Gasteiger partial charge is 0.399 e. The van der Waals surface area contributed by atoms with Gasteiger partial charge in [0.25, 0.3) is 5.91 Å². The van der Waals surface area contributed by atoms with E-state index in [1.165, 1.54) is 12.1 Å². The Morgan fingerprint density at radius 1 is 1.29 bits per heavy atom. The minimum atomic E-state index is -0.333. The van der Waals surface area contributed by atoms with Crippen molar-refractivity contribution in [3.8, 4) is 0 Å².